The highest BCUT2D eigenvalue weighted by Gasteiger charge is 2.15. The zero-order valence-corrected chi connectivity index (χ0v) is 14.3. The van der Waals surface area contributed by atoms with E-state index in [4.69, 9.17) is 0 Å². The van der Waals surface area contributed by atoms with Gasteiger partial charge >= 0.3 is 0 Å². The molecule has 2 heterocycles. The van der Waals surface area contributed by atoms with Gasteiger partial charge in [-0.05, 0) is 31.5 Å². The number of fused-ring (bicyclic) bond motifs is 3. The molecule has 2 aromatic carbocycles. The van der Waals surface area contributed by atoms with Gasteiger partial charge in [0.05, 0.1) is 17.1 Å². The maximum atomic E-state index is 10.5. The van der Waals surface area contributed by atoms with E-state index in [9.17, 15) is 5.11 Å². The summed E-state index contributed by atoms with van der Waals surface area (Å²) in [7, 11) is 0. The number of para-hydroxylation sites is 2. The third-order valence-electron chi connectivity index (χ3n) is 4.00. The number of hydrogen-bond donors (Lipinski definition) is 2. The molecule has 5 nitrogen and oxygen atoms in total. The number of H-pyrrole nitrogens is 1. The normalized spacial score (nSPS) is 13.0. The van der Waals surface area contributed by atoms with Gasteiger partial charge in [-0.2, -0.15) is 0 Å². The zero-order chi connectivity index (χ0) is 16.7. The van der Waals surface area contributed by atoms with Crippen molar-refractivity contribution in [1.29, 1.82) is 0 Å². The highest BCUT2D eigenvalue weighted by atomic mass is 32.2. The number of aryl methyl sites for hydroxylation is 2. The van der Waals surface area contributed by atoms with Gasteiger partial charge in [-0.15, -0.1) is 5.10 Å². The molecular formula is C18H18N4OS. The Morgan fingerprint density at radius 2 is 1.92 bits per heavy atom. The number of nitrogens with one attached hydrogen (secondary N) is 1. The molecule has 24 heavy (non-hydrogen) atoms. The molecular weight excluding hydrogens is 320 g/mol. The van der Waals surface area contributed by atoms with Crippen LogP contribution in [0.3, 0.4) is 0 Å². The van der Waals surface area contributed by atoms with Gasteiger partial charge in [-0.3, -0.25) is 4.40 Å². The maximum Gasteiger partial charge on any atom is 0.231 e. The smallest absolute Gasteiger partial charge is 0.231 e. The summed E-state index contributed by atoms with van der Waals surface area (Å²) in [6, 6.07) is 14.1. The number of hydrogen-bond acceptors (Lipinski definition) is 4. The van der Waals surface area contributed by atoms with Crippen molar-refractivity contribution >= 4 is 28.6 Å². The molecule has 0 saturated carbocycles. The minimum atomic E-state index is -0.532. The third-order valence-corrected chi connectivity index (χ3v) is 5.02. The number of nitrogens with zero attached hydrogens (tertiary/aromatic N) is 3. The second kappa shape index (κ2) is 5.96. The molecule has 0 aliphatic rings. The summed E-state index contributed by atoms with van der Waals surface area (Å²) in [6.07, 6.45) is -0.532. The van der Waals surface area contributed by atoms with Gasteiger partial charge in [-0.25, -0.2) is 10.1 Å². The molecule has 0 amide bonds. The first-order valence-electron chi connectivity index (χ1n) is 7.82. The van der Waals surface area contributed by atoms with Crippen molar-refractivity contribution in [2.75, 3.05) is 5.75 Å². The lowest BCUT2D eigenvalue weighted by atomic mass is 10.0. The SMILES string of the molecule is Cc1cc(C)cc(C(O)CSc2n[nH]c3nc4ccccc4n23)c1. The van der Waals surface area contributed by atoms with Crippen LogP contribution in [0.4, 0.5) is 0 Å². The highest BCUT2D eigenvalue weighted by molar-refractivity contribution is 7.99. The van der Waals surface area contributed by atoms with Crippen LogP contribution in [0.15, 0.2) is 47.6 Å². The lowest BCUT2D eigenvalue weighted by molar-refractivity contribution is 0.204. The second-order valence-corrected chi connectivity index (χ2v) is 7.00. The standard InChI is InChI=1S/C18H18N4OS/c1-11-7-12(2)9-13(8-11)16(23)10-24-18-21-20-17-19-14-5-3-4-6-15(14)22(17)18/h3-9,16,23H,10H2,1-2H3,(H,19,20). The lowest BCUT2D eigenvalue weighted by Gasteiger charge is -2.12. The van der Waals surface area contributed by atoms with Gasteiger partial charge in [0.1, 0.15) is 0 Å². The molecule has 1 atom stereocenters. The van der Waals surface area contributed by atoms with Gasteiger partial charge in [0.25, 0.3) is 0 Å². The number of rotatable bonds is 4. The second-order valence-electron chi connectivity index (χ2n) is 6.01. The van der Waals surface area contributed by atoms with Gasteiger partial charge in [0.2, 0.25) is 5.78 Å². The number of thioether (sulfide) groups is 1. The van der Waals surface area contributed by atoms with Gasteiger partial charge < -0.3 is 5.11 Å². The van der Waals surface area contributed by atoms with Crippen LogP contribution in [0.2, 0.25) is 0 Å². The lowest BCUT2D eigenvalue weighted by Crippen LogP contribution is -2.02. The van der Waals surface area contributed by atoms with E-state index in [1.807, 2.05) is 54.6 Å². The van der Waals surface area contributed by atoms with E-state index < -0.39 is 6.10 Å². The van der Waals surface area contributed by atoms with E-state index in [0.29, 0.717) is 5.75 Å². The van der Waals surface area contributed by atoms with Crippen molar-refractivity contribution < 1.29 is 5.11 Å². The summed E-state index contributed by atoms with van der Waals surface area (Å²) in [5.41, 5.74) is 5.23. The summed E-state index contributed by atoms with van der Waals surface area (Å²) in [5, 5.41) is 18.6. The van der Waals surface area contributed by atoms with Crippen LogP contribution in [0.25, 0.3) is 16.8 Å². The first kappa shape index (κ1) is 15.2. The molecule has 2 N–H and O–H groups in total. The topological polar surface area (TPSA) is 66.2 Å². The van der Waals surface area contributed by atoms with Crippen molar-refractivity contribution in [3.8, 4) is 0 Å². The Balaban J connectivity index is 1.60. The summed E-state index contributed by atoms with van der Waals surface area (Å²) in [6.45, 7) is 4.09. The third kappa shape index (κ3) is 2.68. The average molecular weight is 338 g/mol. The number of aliphatic hydroxyl groups excluding tert-OH is 1. The Kier molecular flexibility index (Phi) is 3.78. The molecule has 0 bridgehead atoms. The van der Waals surface area contributed by atoms with E-state index in [1.54, 1.807) is 0 Å². The van der Waals surface area contributed by atoms with Gasteiger partial charge in [-0.1, -0.05) is 53.2 Å². The molecule has 4 aromatic rings. The van der Waals surface area contributed by atoms with Crippen LogP contribution in [-0.2, 0) is 0 Å². The highest BCUT2D eigenvalue weighted by Crippen LogP contribution is 2.27. The summed E-state index contributed by atoms with van der Waals surface area (Å²) in [5.74, 6) is 1.26. The first-order chi connectivity index (χ1) is 11.6. The average Bonchev–Trinajstić information content (AvgIpc) is 3.10. The predicted octanol–water partition coefficient (Wildman–Crippen LogP) is 3.65. The Morgan fingerprint density at radius 1 is 1.17 bits per heavy atom. The molecule has 1 unspecified atom stereocenters. The first-order valence-corrected chi connectivity index (χ1v) is 8.81. The quantitative estimate of drug-likeness (QED) is 0.557. The number of benzene rings is 2. The Hall–Kier alpha value is -2.31. The fourth-order valence-electron chi connectivity index (χ4n) is 2.99. The number of aromatic nitrogens is 4. The van der Waals surface area contributed by atoms with E-state index in [1.165, 1.54) is 11.8 Å². The molecule has 6 heteroatoms. The van der Waals surface area contributed by atoms with E-state index in [0.717, 1.165) is 38.7 Å². The van der Waals surface area contributed by atoms with Crippen LogP contribution in [-0.4, -0.2) is 30.4 Å². The molecule has 0 spiro atoms. The zero-order valence-electron chi connectivity index (χ0n) is 13.5. The van der Waals surface area contributed by atoms with Crippen LogP contribution < -0.4 is 0 Å². The van der Waals surface area contributed by atoms with Crippen LogP contribution in [0.1, 0.15) is 22.8 Å². The number of aliphatic hydroxyl groups is 1. The predicted molar refractivity (Wildman–Crippen MR) is 96.4 cm³/mol. The number of aromatic amines is 1. The van der Waals surface area contributed by atoms with E-state index in [-0.39, 0.29) is 0 Å². The molecule has 0 fully saturated rings. The minimum Gasteiger partial charge on any atom is -0.388 e. The Labute approximate surface area is 143 Å². The molecule has 4 rings (SSSR count). The fraction of sp³-hybridized carbons (Fsp3) is 0.222. The molecule has 0 radical (unpaired) electrons. The van der Waals surface area contributed by atoms with Crippen molar-refractivity contribution in [2.45, 2.75) is 25.1 Å². The molecule has 0 aliphatic carbocycles. The van der Waals surface area contributed by atoms with Crippen LogP contribution in [0, 0.1) is 13.8 Å². The Morgan fingerprint density at radius 3 is 2.71 bits per heavy atom. The van der Waals surface area contributed by atoms with Crippen molar-refractivity contribution in [2.24, 2.45) is 0 Å². The summed E-state index contributed by atoms with van der Waals surface area (Å²) < 4.78 is 1.99. The van der Waals surface area contributed by atoms with Gasteiger partial charge in [0.15, 0.2) is 5.16 Å². The van der Waals surface area contributed by atoms with E-state index in [2.05, 4.69) is 21.2 Å². The molecule has 122 valence electrons. The summed E-state index contributed by atoms with van der Waals surface area (Å²) >= 11 is 1.52. The fourth-order valence-corrected chi connectivity index (χ4v) is 3.91. The molecule has 2 aromatic heterocycles. The number of imidazole rings is 1. The van der Waals surface area contributed by atoms with Gasteiger partial charge in [0, 0.05) is 5.75 Å². The minimum absolute atomic E-state index is 0.532. The molecule has 0 saturated heterocycles. The molecule has 0 aliphatic heterocycles. The maximum absolute atomic E-state index is 10.5. The van der Waals surface area contributed by atoms with Crippen molar-refractivity contribution in [3.05, 3.63) is 59.2 Å². The van der Waals surface area contributed by atoms with Crippen molar-refractivity contribution in [3.63, 3.8) is 0 Å². The van der Waals surface area contributed by atoms with Crippen LogP contribution in [0.5, 0.6) is 0 Å². The monoisotopic (exact) mass is 338 g/mol. The van der Waals surface area contributed by atoms with Crippen LogP contribution >= 0.6 is 11.8 Å². The summed E-state index contributed by atoms with van der Waals surface area (Å²) in [4.78, 5) is 4.51. The van der Waals surface area contributed by atoms with Crippen molar-refractivity contribution in [1.82, 2.24) is 19.6 Å². The van der Waals surface area contributed by atoms with E-state index >= 15 is 0 Å². The Bertz CT molecular complexity index is 1000. The largest absolute Gasteiger partial charge is 0.388 e.